The predicted molar refractivity (Wildman–Crippen MR) is 91.4 cm³/mol. The van der Waals surface area contributed by atoms with Crippen LogP contribution in [-0.2, 0) is 0 Å². The van der Waals surface area contributed by atoms with Crippen LogP contribution in [0, 0.1) is 5.21 Å². The number of hydrazine groups is 1. The summed E-state index contributed by atoms with van der Waals surface area (Å²) < 4.78 is 1.71. The summed E-state index contributed by atoms with van der Waals surface area (Å²) >= 11 is 0. The zero-order valence-electron chi connectivity index (χ0n) is 14.6. The van der Waals surface area contributed by atoms with Crippen LogP contribution in [0.4, 0.5) is 5.69 Å². The van der Waals surface area contributed by atoms with Crippen LogP contribution in [0.25, 0.3) is 5.69 Å². The number of anilines is 1. The van der Waals surface area contributed by atoms with Crippen molar-refractivity contribution in [3.05, 3.63) is 41.9 Å². The molecule has 1 N–H and O–H groups in total. The minimum atomic E-state index is -0.447. The van der Waals surface area contributed by atoms with Crippen molar-refractivity contribution >= 4 is 5.69 Å². The highest BCUT2D eigenvalue weighted by Gasteiger charge is 2.40. The molecule has 0 amide bonds. The summed E-state index contributed by atoms with van der Waals surface area (Å²) in [7, 11) is 0. The number of rotatable bonds is 4. The van der Waals surface area contributed by atoms with E-state index in [2.05, 4.69) is 20.5 Å². The average Bonchev–Trinajstić information content (AvgIpc) is 3.25. The number of nitrogens with zero attached hydrogens (tertiary/aromatic N) is 7. The van der Waals surface area contributed by atoms with E-state index in [0.717, 1.165) is 24.3 Å². The third-order valence-electron chi connectivity index (χ3n) is 4.34. The first kappa shape index (κ1) is 17.0. The smallest absolute Gasteiger partial charge is 0.230 e. The largest absolute Gasteiger partial charge is 0.569 e. The first-order chi connectivity index (χ1) is 11.9. The Labute approximate surface area is 146 Å². The van der Waals surface area contributed by atoms with Crippen molar-refractivity contribution in [1.29, 1.82) is 0 Å². The third kappa shape index (κ3) is 3.49. The maximum absolute atomic E-state index is 12.0. The van der Waals surface area contributed by atoms with Gasteiger partial charge in [0, 0.05) is 18.8 Å². The lowest BCUT2D eigenvalue weighted by molar-refractivity contribution is -0.730. The van der Waals surface area contributed by atoms with Crippen LogP contribution in [-0.4, -0.2) is 54.8 Å². The van der Waals surface area contributed by atoms with Crippen molar-refractivity contribution in [3.8, 4) is 5.69 Å². The molecule has 9 heteroatoms. The molecule has 1 saturated heterocycles. The first-order valence-corrected chi connectivity index (χ1v) is 8.23. The Morgan fingerprint density at radius 3 is 2.76 bits per heavy atom. The molecule has 1 aromatic heterocycles. The molecule has 0 aliphatic carbocycles. The van der Waals surface area contributed by atoms with Gasteiger partial charge in [0.1, 0.15) is 6.04 Å². The molecule has 2 aromatic rings. The van der Waals surface area contributed by atoms with E-state index in [1.807, 2.05) is 45.0 Å². The van der Waals surface area contributed by atoms with Crippen LogP contribution in [0.15, 0.2) is 41.9 Å². The van der Waals surface area contributed by atoms with Crippen molar-refractivity contribution in [2.45, 2.75) is 38.8 Å². The molecule has 1 aliphatic rings. The van der Waals surface area contributed by atoms with Gasteiger partial charge in [0.2, 0.25) is 5.28 Å². The standard InChI is InChI=1S/C16H23N7O2/c1-16(2,3)22(23(25)19-24)15-7-9-20(12-15)13-5-4-6-14(11-13)21-10-8-17-18-21/h4-6,8,10-11,15,24H,7,9,12H2,1-3H3. The molecule has 1 aromatic carbocycles. The van der Waals surface area contributed by atoms with E-state index in [1.165, 1.54) is 0 Å². The summed E-state index contributed by atoms with van der Waals surface area (Å²) in [4.78, 5) is 2.51. The van der Waals surface area contributed by atoms with Crippen molar-refractivity contribution in [1.82, 2.24) is 20.0 Å². The van der Waals surface area contributed by atoms with E-state index in [0.29, 0.717) is 11.5 Å². The molecule has 3 rings (SSSR count). The highest BCUT2D eigenvalue weighted by molar-refractivity contribution is 5.53. The van der Waals surface area contributed by atoms with E-state index in [-0.39, 0.29) is 6.04 Å². The highest BCUT2D eigenvalue weighted by atomic mass is 16.6. The molecule has 1 atom stereocenters. The zero-order valence-corrected chi connectivity index (χ0v) is 14.6. The zero-order chi connectivity index (χ0) is 18.0. The second-order valence-corrected chi connectivity index (χ2v) is 7.11. The highest BCUT2D eigenvalue weighted by Crippen LogP contribution is 2.28. The summed E-state index contributed by atoms with van der Waals surface area (Å²) in [5.74, 6) is 0. The molecule has 9 nitrogen and oxygen atoms in total. The molecule has 1 unspecified atom stereocenters. The number of aromatic nitrogens is 3. The molecule has 0 radical (unpaired) electrons. The van der Waals surface area contributed by atoms with Crippen LogP contribution in [0.1, 0.15) is 27.2 Å². The Kier molecular flexibility index (Phi) is 4.47. The Morgan fingerprint density at radius 2 is 2.12 bits per heavy atom. The van der Waals surface area contributed by atoms with E-state index in [1.54, 1.807) is 22.1 Å². The molecule has 134 valence electrons. The topological polar surface area (TPSA) is 95.8 Å². The van der Waals surface area contributed by atoms with Gasteiger partial charge in [-0.1, -0.05) is 11.3 Å². The van der Waals surface area contributed by atoms with Gasteiger partial charge in [0.05, 0.1) is 28.6 Å². The fourth-order valence-corrected chi connectivity index (χ4v) is 3.34. The van der Waals surface area contributed by atoms with E-state index in [9.17, 15) is 5.21 Å². The molecular weight excluding hydrogens is 322 g/mol. The molecule has 0 bridgehead atoms. The lowest BCUT2D eigenvalue weighted by atomic mass is 10.1. The third-order valence-corrected chi connectivity index (χ3v) is 4.34. The van der Waals surface area contributed by atoms with Gasteiger partial charge in [-0.2, -0.15) is 0 Å². The minimum Gasteiger partial charge on any atom is -0.569 e. The van der Waals surface area contributed by atoms with Gasteiger partial charge in [-0.3, -0.25) is 0 Å². The second-order valence-electron chi connectivity index (χ2n) is 7.11. The number of hydrogen-bond donors (Lipinski definition) is 1. The summed E-state index contributed by atoms with van der Waals surface area (Å²) in [6, 6.07) is 7.99. The monoisotopic (exact) mass is 345 g/mol. The quantitative estimate of drug-likeness (QED) is 0.518. The molecule has 0 saturated carbocycles. The fourth-order valence-electron chi connectivity index (χ4n) is 3.34. The molecular formula is C16H23N7O2. The average molecular weight is 345 g/mol. The normalized spacial score (nSPS) is 18.6. The van der Waals surface area contributed by atoms with Crippen molar-refractivity contribution in [2.75, 3.05) is 18.0 Å². The molecule has 1 aliphatic heterocycles. The summed E-state index contributed by atoms with van der Waals surface area (Å²) in [6.07, 6.45) is 4.24. The molecule has 2 heterocycles. The van der Waals surface area contributed by atoms with Gasteiger partial charge in [-0.05, 0) is 45.4 Å². The van der Waals surface area contributed by atoms with Crippen LogP contribution < -0.4 is 4.90 Å². The van der Waals surface area contributed by atoms with E-state index >= 15 is 0 Å². The Hall–Kier alpha value is -2.84. The van der Waals surface area contributed by atoms with Crippen LogP contribution in [0.2, 0.25) is 0 Å². The SMILES string of the molecule is CC(C)(C)N(C1CCN(c2cccc(-n3ccnn3)c2)C1)[N+]([O-])=NO. The summed E-state index contributed by atoms with van der Waals surface area (Å²) in [6.45, 7) is 7.27. The van der Waals surface area contributed by atoms with Crippen molar-refractivity contribution in [3.63, 3.8) is 0 Å². The van der Waals surface area contributed by atoms with E-state index < -0.39 is 5.54 Å². The fraction of sp³-hybridized carbons (Fsp3) is 0.500. The van der Waals surface area contributed by atoms with Crippen LogP contribution in [0.5, 0.6) is 0 Å². The molecule has 0 spiro atoms. The second kappa shape index (κ2) is 6.58. The maximum atomic E-state index is 12.0. The van der Waals surface area contributed by atoms with Crippen LogP contribution >= 0.6 is 0 Å². The maximum Gasteiger partial charge on any atom is 0.230 e. The molecule has 1 fully saturated rings. The van der Waals surface area contributed by atoms with Gasteiger partial charge in [-0.15, -0.1) is 10.1 Å². The summed E-state index contributed by atoms with van der Waals surface area (Å²) in [5, 5.41) is 33.1. The van der Waals surface area contributed by atoms with Gasteiger partial charge >= 0.3 is 0 Å². The Bertz CT molecular complexity index is 739. The van der Waals surface area contributed by atoms with Gasteiger partial charge in [-0.25, -0.2) is 4.68 Å². The van der Waals surface area contributed by atoms with Gasteiger partial charge in [0.25, 0.3) is 0 Å². The van der Waals surface area contributed by atoms with E-state index in [4.69, 9.17) is 5.21 Å². The van der Waals surface area contributed by atoms with Gasteiger partial charge < -0.3 is 15.3 Å². The molecule has 25 heavy (non-hydrogen) atoms. The van der Waals surface area contributed by atoms with Crippen molar-refractivity contribution in [2.24, 2.45) is 5.28 Å². The summed E-state index contributed by atoms with van der Waals surface area (Å²) in [5.41, 5.74) is 1.54. The van der Waals surface area contributed by atoms with Crippen molar-refractivity contribution < 1.29 is 10.2 Å². The first-order valence-electron chi connectivity index (χ1n) is 8.23. The lowest BCUT2D eigenvalue weighted by Crippen LogP contribution is -2.52. The minimum absolute atomic E-state index is 0.0385. The number of hydrogen-bond acceptors (Lipinski definition) is 5. The lowest BCUT2D eigenvalue weighted by Gasteiger charge is -2.34. The van der Waals surface area contributed by atoms with Crippen LogP contribution in [0.3, 0.4) is 0 Å². The van der Waals surface area contributed by atoms with Gasteiger partial charge in [0.15, 0.2) is 0 Å². The Balaban J connectivity index is 1.80. The number of benzene rings is 1. The Morgan fingerprint density at radius 1 is 1.36 bits per heavy atom. The predicted octanol–water partition coefficient (Wildman–Crippen LogP) is 2.21.